The van der Waals surface area contributed by atoms with E-state index in [0.717, 1.165) is 0 Å². The fourth-order valence-electron chi connectivity index (χ4n) is 1.94. The number of hydrogen-bond donors (Lipinski definition) is 2. The monoisotopic (exact) mass is 326 g/mol. The van der Waals surface area contributed by atoms with Crippen molar-refractivity contribution in [3.05, 3.63) is 72.3 Å². The molecule has 6 nitrogen and oxygen atoms in total. The predicted octanol–water partition coefficient (Wildman–Crippen LogP) is 2.33. The number of rotatable bonds is 6. The zero-order valence-electron chi connectivity index (χ0n) is 13.2. The Balaban J connectivity index is 1.95. The Labute approximate surface area is 140 Å². The first-order valence-corrected chi connectivity index (χ1v) is 7.23. The van der Waals surface area contributed by atoms with Gasteiger partial charge in [-0.2, -0.15) is 0 Å². The Hall–Kier alpha value is -3.28. The van der Waals surface area contributed by atoms with Gasteiger partial charge in [-0.15, -0.1) is 0 Å². The van der Waals surface area contributed by atoms with Crippen LogP contribution in [0.15, 0.2) is 61.2 Å². The highest BCUT2D eigenvalue weighted by Gasteiger charge is 2.13. The van der Waals surface area contributed by atoms with Gasteiger partial charge < -0.3 is 9.47 Å². The lowest BCUT2D eigenvalue weighted by atomic mass is 10.2. The smallest absolute Gasteiger partial charge is 0.273 e. The molecule has 124 valence electrons. The molecule has 2 N–H and O–H groups in total. The lowest BCUT2D eigenvalue weighted by Gasteiger charge is -2.10. The van der Waals surface area contributed by atoms with Gasteiger partial charge in [0.2, 0.25) is 0 Å². The molecule has 2 aromatic carbocycles. The van der Waals surface area contributed by atoms with Crippen LogP contribution in [0.5, 0.6) is 11.5 Å². The van der Waals surface area contributed by atoms with E-state index in [0.29, 0.717) is 29.2 Å². The maximum Gasteiger partial charge on any atom is 0.273 e. The van der Waals surface area contributed by atoms with Crippen molar-refractivity contribution >= 4 is 11.8 Å². The molecule has 0 aliphatic carbocycles. The number of hydrazine groups is 1. The number of benzene rings is 2. The van der Waals surface area contributed by atoms with E-state index in [4.69, 9.17) is 9.47 Å². The molecule has 24 heavy (non-hydrogen) atoms. The van der Waals surface area contributed by atoms with E-state index in [1.54, 1.807) is 54.6 Å². The van der Waals surface area contributed by atoms with Crippen LogP contribution in [0.1, 0.15) is 20.7 Å². The summed E-state index contributed by atoms with van der Waals surface area (Å²) in [6.07, 6.45) is 1.63. The highest BCUT2D eigenvalue weighted by Crippen LogP contribution is 2.16. The van der Waals surface area contributed by atoms with E-state index in [9.17, 15) is 9.59 Å². The molecular formula is C18H18N2O4. The molecule has 0 aliphatic heterocycles. The van der Waals surface area contributed by atoms with Crippen molar-refractivity contribution in [1.29, 1.82) is 0 Å². The second kappa shape index (κ2) is 8.38. The molecule has 0 aromatic heterocycles. The average molecular weight is 326 g/mol. The van der Waals surface area contributed by atoms with E-state index in [-0.39, 0.29) is 0 Å². The van der Waals surface area contributed by atoms with Crippen molar-refractivity contribution in [1.82, 2.24) is 10.9 Å². The molecule has 0 aliphatic rings. The van der Waals surface area contributed by atoms with Crippen LogP contribution in [0, 0.1) is 0 Å². The quantitative estimate of drug-likeness (QED) is 0.631. The Bertz CT molecular complexity index is 726. The molecule has 0 radical (unpaired) electrons. The Kier molecular flexibility index (Phi) is 5.96. The summed E-state index contributed by atoms with van der Waals surface area (Å²) in [5.41, 5.74) is 5.44. The van der Waals surface area contributed by atoms with Crippen LogP contribution in [-0.4, -0.2) is 25.5 Å². The van der Waals surface area contributed by atoms with Crippen molar-refractivity contribution in [2.45, 2.75) is 0 Å². The van der Waals surface area contributed by atoms with Crippen LogP contribution in [0.25, 0.3) is 0 Å². The second-order valence-corrected chi connectivity index (χ2v) is 4.73. The van der Waals surface area contributed by atoms with Gasteiger partial charge in [-0.3, -0.25) is 20.4 Å². The van der Waals surface area contributed by atoms with Gasteiger partial charge in [0, 0.05) is 5.56 Å². The van der Waals surface area contributed by atoms with Gasteiger partial charge in [-0.05, 0) is 36.4 Å². The molecule has 0 saturated heterocycles. The Morgan fingerprint density at radius 3 is 2.38 bits per heavy atom. The maximum atomic E-state index is 12.1. The summed E-state index contributed by atoms with van der Waals surface area (Å²) in [4.78, 5) is 24.1. The van der Waals surface area contributed by atoms with Gasteiger partial charge in [0.25, 0.3) is 11.8 Å². The number of nitrogens with one attached hydrogen (secondary N) is 2. The average Bonchev–Trinajstić information content (AvgIpc) is 2.64. The van der Waals surface area contributed by atoms with Gasteiger partial charge in [0.1, 0.15) is 18.1 Å². The largest absolute Gasteiger partial charge is 0.496 e. The zero-order chi connectivity index (χ0) is 17.4. The standard InChI is InChI=1S/C18H18N2O4/c1-3-12-24-14-10-8-13(9-11-14)17(21)19-20-18(22)15-6-4-5-7-16(15)23-2/h3-11H,1,12H2,2H3,(H,19,21)(H,20,22). The number of hydrogen-bond acceptors (Lipinski definition) is 4. The number of para-hydroxylation sites is 1. The summed E-state index contributed by atoms with van der Waals surface area (Å²) in [5.74, 6) is 0.151. The van der Waals surface area contributed by atoms with Crippen molar-refractivity contribution in [3.63, 3.8) is 0 Å². The lowest BCUT2D eigenvalue weighted by Crippen LogP contribution is -2.41. The lowest BCUT2D eigenvalue weighted by molar-refractivity contribution is 0.0845. The van der Waals surface area contributed by atoms with Gasteiger partial charge in [0.05, 0.1) is 12.7 Å². The van der Waals surface area contributed by atoms with Gasteiger partial charge in [0.15, 0.2) is 0 Å². The van der Waals surface area contributed by atoms with Crippen LogP contribution in [0.2, 0.25) is 0 Å². The molecule has 0 fully saturated rings. The summed E-state index contributed by atoms with van der Waals surface area (Å²) in [6.45, 7) is 3.95. The zero-order valence-corrected chi connectivity index (χ0v) is 13.2. The second-order valence-electron chi connectivity index (χ2n) is 4.73. The number of carbonyl (C=O) groups is 2. The van der Waals surface area contributed by atoms with E-state index < -0.39 is 11.8 Å². The SMILES string of the molecule is C=CCOc1ccc(C(=O)NNC(=O)c2ccccc2OC)cc1. The van der Waals surface area contributed by atoms with E-state index in [1.165, 1.54) is 7.11 Å². The summed E-state index contributed by atoms with van der Waals surface area (Å²) in [6, 6.07) is 13.3. The molecule has 0 atom stereocenters. The topological polar surface area (TPSA) is 76.7 Å². The molecule has 2 rings (SSSR count). The number of ether oxygens (including phenoxy) is 2. The third-order valence-corrected chi connectivity index (χ3v) is 3.13. The first-order chi connectivity index (χ1) is 11.7. The van der Waals surface area contributed by atoms with Crippen LogP contribution in [0.3, 0.4) is 0 Å². The first kappa shape index (κ1) is 17.1. The highest BCUT2D eigenvalue weighted by molar-refractivity contribution is 6.00. The Morgan fingerprint density at radius 1 is 1.04 bits per heavy atom. The van der Waals surface area contributed by atoms with E-state index in [2.05, 4.69) is 17.4 Å². The molecule has 0 saturated carbocycles. The third kappa shape index (κ3) is 4.36. The number of carbonyl (C=O) groups excluding carboxylic acids is 2. The van der Waals surface area contributed by atoms with Gasteiger partial charge in [-0.25, -0.2) is 0 Å². The minimum atomic E-state index is -0.466. The van der Waals surface area contributed by atoms with Crippen LogP contribution in [-0.2, 0) is 0 Å². The number of methoxy groups -OCH3 is 1. The molecule has 6 heteroatoms. The summed E-state index contributed by atoms with van der Waals surface area (Å²) < 4.78 is 10.4. The van der Waals surface area contributed by atoms with Gasteiger partial charge in [-0.1, -0.05) is 24.8 Å². The fourth-order valence-corrected chi connectivity index (χ4v) is 1.94. The van der Waals surface area contributed by atoms with E-state index in [1.807, 2.05) is 0 Å². The molecule has 0 spiro atoms. The normalized spacial score (nSPS) is 9.71. The highest BCUT2D eigenvalue weighted by atomic mass is 16.5. The number of amides is 2. The fraction of sp³-hybridized carbons (Fsp3) is 0.111. The van der Waals surface area contributed by atoms with Crippen LogP contribution in [0.4, 0.5) is 0 Å². The third-order valence-electron chi connectivity index (χ3n) is 3.13. The molecule has 0 unspecified atom stereocenters. The summed E-state index contributed by atoms with van der Waals surface area (Å²) in [5, 5.41) is 0. The molecule has 0 bridgehead atoms. The van der Waals surface area contributed by atoms with Gasteiger partial charge >= 0.3 is 0 Å². The minimum Gasteiger partial charge on any atom is -0.496 e. The van der Waals surface area contributed by atoms with E-state index >= 15 is 0 Å². The minimum absolute atomic E-state index is 0.327. The predicted molar refractivity (Wildman–Crippen MR) is 90.1 cm³/mol. The van der Waals surface area contributed by atoms with Crippen molar-refractivity contribution in [2.24, 2.45) is 0 Å². The first-order valence-electron chi connectivity index (χ1n) is 7.23. The molecular weight excluding hydrogens is 308 g/mol. The Morgan fingerprint density at radius 2 is 1.71 bits per heavy atom. The molecule has 2 amide bonds. The van der Waals surface area contributed by atoms with Crippen molar-refractivity contribution < 1.29 is 19.1 Å². The van der Waals surface area contributed by atoms with Crippen molar-refractivity contribution in [2.75, 3.05) is 13.7 Å². The summed E-state index contributed by atoms with van der Waals surface area (Å²) in [7, 11) is 1.47. The molecule has 0 heterocycles. The van der Waals surface area contributed by atoms with Crippen molar-refractivity contribution in [3.8, 4) is 11.5 Å². The van der Waals surface area contributed by atoms with Crippen LogP contribution >= 0.6 is 0 Å². The molecule has 2 aromatic rings. The van der Waals surface area contributed by atoms with Crippen LogP contribution < -0.4 is 20.3 Å². The summed E-state index contributed by atoms with van der Waals surface area (Å²) >= 11 is 0. The maximum absolute atomic E-state index is 12.1.